The first-order chi connectivity index (χ1) is 12.1. The maximum absolute atomic E-state index is 12.9. The first-order valence-corrected chi connectivity index (χ1v) is 7.67. The van der Waals surface area contributed by atoms with E-state index in [9.17, 15) is 37.1 Å². The van der Waals surface area contributed by atoms with E-state index in [0.29, 0.717) is 4.90 Å². The van der Waals surface area contributed by atoms with Crippen LogP contribution in [0.5, 0.6) is 0 Å². The van der Waals surface area contributed by atoms with E-state index < -0.39 is 48.2 Å². The Hall–Kier alpha value is -2.65. The zero-order valence-electron chi connectivity index (χ0n) is 13.4. The number of carboxylic acid groups (broad SMARTS) is 1. The number of nitrogens with one attached hydrogen (secondary N) is 1. The van der Waals surface area contributed by atoms with Gasteiger partial charge in [-0.05, 0) is 17.7 Å². The molecule has 2 rings (SSSR count). The van der Waals surface area contributed by atoms with E-state index in [2.05, 4.69) is 5.32 Å². The van der Waals surface area contributed by atoms with Crippen molar-refractivity contribution in [1.82, 2.24) is 10.2 Å². The van der Waals surface area contributed by atoms with E-state index >= 15 is 0 Å². The van der Waals surface area contributed by atoms with Gasteiger partial charge >= 0.3 is 12.1 Å². The van der Waals surface area contributed by atoms with Gasteiger partial charge in [-0.2, -0.15) is 13.2 Å². The Morgan fingerprint density at radius 2 is 1.88 bits per heavy atom. The Labute approximate surface area is 145 Å². The van der Waals surface area contributed by atoms with Crippen molar-refractivity contribution in [1.29, 1.82) is 0 Å². The Balaban J connectivity index is 1.95. The van der Waals surface area contributed by atoms with Crippen LogP contribution in [0.1, 0.15) is 17.9 Å². The first-order valence-electron chi connectivity index (χ1n) is 7.67. The fourth-order valence-corrected chi connectivity index (χ4v) is 2.71. The maximum atomic E-state index is 12.9. The van der Waals surface area contributed by atoms with E-state index in [-0.39, 0.29) is 25.1 Å². The van der Waals surface area contributed by atoms with Gasteiger partial charge in [-0.1, -0.05) is 12.1 Å². The summed E-state index contributed by atoms with van der Waals surface area (Å²) in [5, 5.41) is 11.6. The molecule has 1 saturated heterocycles. The number of carbonyl (C=O) groups is 3. The highest BCUT2D eigenvalue weighted by Gasteiger charge is 2.40. The average Bonchev–Trinajstić information content (AvgIpc) is 2.88. The minimum Gasteiger partial charge on any atom is -0.481 e. The van der Waals surface area contributed by atoms with Crippen molar-refractivity contribution in [2.75, 3.05) is 19.6 Å². The molecule has 0 aliphatic carbocycles. The zero-order valence-corrected chi connectivity index (χ0v) is 13.4. The Bertz CT molecular complexity index is 690. The second kappa shape index (κ2) is 7.71. The van der Waals surface area contributed by atoms with E-state index in [1.165, 1.54) is 12.1 Å². The van der Waals surface area contributed by atoms with E-state index in [4.69, 9.17) is 0 Å². The third kappa shape index (κ3) is 5.17. The number of alkyl halides is 3. The van der Waals surface area contributed by atoms with Crippen molar-refractivity contribution in [2.45, 2.75) is 18.5 Å². The summed E-state index contributed by atoms with van der Waals surface area (Å²) in [5.41, 5.74) is 0.264. The molecule has 10 heteroatoms. The summed E-state index contributed by atoms with van der Waals surface area (Å²) in [5.74, 6) is -5.41. The SMILES string of the molecule is O=C(NCC(C(=O)O)c1ccc(F)cc1)C1CC(=O)N(CC(F)(F)F)C1. The molecule has 1 aromatic carbocycles. The summed E-state index contributed by atoms with van der Waals surface area (Å²) in [6.07, 6.45) is -4.92. The lowest BCUT2D eigenvalue weighted by atomic mass is 9.98. The van der Waals surface area contributed by atoms with Gasteiger partial charge in [0.15, 0.2) is 0 Å². The van der Waals surface area contributed by atoms with Crippen LogP contribution in [-0.4, -0.2) is 53.6 Å². The number of benzene rings is 1. The maximum Gasteiger partial charge on any atom is 0.406 e. The molecule has 0 saturated carbocycles. The van der Waals surface area contributed by atoms with Crippen LogP contribution < -0.4 is 5.32 Å². The number of amides is 2. The number of likely N-dealkylation sites (tertiary alicyclic amines) is 1. The lowest BCUT2D eigenvalue weighted by Gasteiger charge is -2.19. The molecule has 0 aromatic heterocycles. The minimum atomic E-state index is -4.56. The van der Waals surface area contributed by atoms with Crippen molar-refractivity contribution >= 4 is 17.8 Å². The molecule has 1 heterocycles. The summed E-state index contributed by atoms with van der Waals surface area (Å²) >= 11 is 0. The zero-order chi connectivity index (χ0) is 19.5. The lowest BCUT2D eigenvalue weighted by molar-refractivity contribution is -0.157. The van der Waals surface area contributed by atoms with Gasteiger partial charge in [0.05, 0.1) is 11.8 Å². The van der Waals surface area contributed by atoms with Crippen LogP contribution in [0.4, 0.5) is 17.6 Å². The van der Waals surface area contributed by atoms with Crippen LogP contribution in [0.15, 0.2) is 24.3 Å². The van der Waals surface area contributed by atoms with Gasteiger partial charge < -0.3 is 15.3 Å². The molecule has 6 nitrogen and oxygen atoms in total. The van der Waals surface area contributed by atoms with Crippen LogP contribution in [0.25, 0.3) is 0 Å². The fourth-order valence-electron chi connectivity index (χ4n) is 2.71. The van der Waals surface area contributed by atoms with E-state index in [0.717, 1.165) is 12.1 Å². The number of carbonyl (C=O) groups excluding carboxylic acids is 2. The number of carboxylic acids is 1. The molecule has 1 fully saturated rings. The third-order valence-corrected chi connectivity index (χ3v) is 4.01. The van der Waals surface area contributed by atoms with Crippen LogP contribution in [0, 0.1) is 11.7 Å². The molecule has 1 aromatic rings. The van der Waals surface area contributed by atoms with Crippen LogP contribution in [0.2, 0.25) is 0 Å². The van der Waals surface area contributed by atoms with Crippen molar-refractivity contribution in [3.05, 3.63) is 35.6 Å². The van der Waals surface area contributed by atoms with Crippen LogP contribution >= 0.6 is 0 Å². The number of hydrogen-bond acceptors (Lipinski definition) is 3. The highest BCUT2D eigenvalue weighted by atomic mass is 19.4. The molecule has 2 amide bonds. The molecule has 0 bridgehead atoms. The summed E-state index contributed by atoms with van der Waals surface area (Å²) in [4.78, 5) is 35.6. The smallest absolute Gasteiger partial charge is 0.406 e. The number of nitrogens with zero attached hydrogens (tertiary/aromatic N) is 1. The Morgan fingerprint density at radius 3 is 2.42 bits per heavy atom. The molecule has 1 aliphatic rings. The molecule has 26 heavy (non-hydrogen) atoms. The molecule has 2 atom stereocenters. The molecular formula is C16H16F4N2O4. The molecule has 2 N–H and O–H groups in total. The quantitative estimate of drug-likeness (QED) is 0.737. The minimum absolute atomic E-state index is 0.264. The van der Waals surface area contributed by atoms with Gasteiger partial charge in [0.1, 0.15) is 12.4 Å². The standard InChI is InChI=1S/C16H16F4N2O4/c17-11-3-1-9(2-4-11)12(15(25)26)6-21-14(24)10-5-13(23)22(7-10)8-16(18,19)20/h1-4,10,12H,5-8H2,(H,21,24)(H,25,26). The predicted molar refractivity (Wildman–Crippen MR) is 80.5 cm³/mol. The van der Waals surface area contributed by atoms with Crippen LogP contribution in [0.3, 0.4) is 0 Å². The summed E-state index contributed by atoms with van der Waals surface area (Å²) in [6, 6.07) is 4.70. The van der Waals surface area contributed by atoms with E-state index in [1.807, 2.05) is 0 Å². The number of hydrogen-bond donors (Lipinski definition) is 2. The highest BCUT2D eigenvalue weighted by molar-refractivity contribution is 5.89. The van der Waals surface area contributed by atoms with Crippen molar-refractivity contribution in [2.24, 2.45) is 5.92 Å². The lowest BCUT2D eigenvalue weighted by Crippen LogP contribution is -2.38. The second-order valence-corrected chi connectivity index (χ2v) is 5.98. The number of halogens is 4. The van der Waals surface area contributed by atoms with Gasteiger partial charge in [0.2, 0.25) is 11.8 Å². The Kier molecular flexibility index (Phi) is 5.83. The van der Waals surface area contributed by atoms with Crippen molar-refractivity contribution in [3.63, 3.8) is 0 Å². The highest BCUT2D eigenvalue weighted by Crippen LogP contribution is 2.24. The predicted octanol–water partition coefficient (Wildman–Crippen LogP) is 1.52. The van der Waals surface area contributed by atoms with Gasteiger partial charge in [-0.25, -0.2) is 4.39 Å². The second-order valence-electron chi connectivity index (χ2n) is 5.98. The normalized spacial score (nSPS) is 18.7. The molecule has 0 spiro atoms. The molecule has 142 valence electrons. The van der Waals surface area contributed by atoms with Gasteiger partial charge in [0, 0.05) is 19.5 Å². The molecule has 2 unspecified atom stereocenters. The topological polar surface area (TPSA) is 86.7 Å². The first kappa shape index (κ1) is 19.7. The van der Waals surface area contributed by atoms with Gasteiger partial charge in [-0.3, -0.25) is 14.4 Å². The average molecular weight is 376 g/mol. The molecule has 0 radical (unpaired) electrons. The number of aliphatic carboxylic acids is 1. The molecular weight excluding hydrogens is 360 g/mol. The monoisotopic (exact) mass is 376 g/mol. The van der Waals surface area contributed by atoms with Crippen LogP contribution in [-0.2, 0) is 14.4 Å². The van der Waals surface area contributed by atoms with Crippen molar-refractivity contribution < 1.29 is 37.1 Å². The fraction of sp³-hybridized carbons (Fsp3) is 0.438. The van der Waals surface area contributed by atoms with Gasteiger partial charge in [-0.15, -0.1) is 0 Å². The third-order valence-electron chi connectivity index (χ3n) is 4.01. The summed E-state index contributed by atoms with van der Waals surface area (Å²) < 4.78 is 50.1. The Morgan fingerprint density at radius 1 is 1.27 bits per heavy atom. The summed E-state index contributed by atoms with van der Waals surface area (Å²) in [7, 11) is 0. The molecule has 1 aliphatic heterocycles. The van der Waals surface area contributed by atoms with E-state index in [1.54, 1.807) is 0 Å². The summed E-state index contributed by atoms with van der Waals surface area (Å²) in [6.45, 7) is -2.13. The van der Waals surface area contributed by atoms with Gasteiger partial charge in [0.25, 0.3) is 0 Å². The number of rotatable bonds is 6. The van der Waals surface area contributed by atoms with Crippen molar-refractivity contribution in [3.8, 4) is 0 Å². The largest absolute Gasteiger partial charge is 0.481 e.